The van der Waals surface area contributed by atoms with Crippen LogP contribution in [0.1, 0.15) is 17.2 Å². The molecule has 0 bridgehead atoms. The summed E-state index contributed by atoms with van der Waals surface area (Å²) in [5.41, 5.74) is 1.85. The lowest BCUT2D eigenvalue weighted by Gasteiger charge is -2.27. The standard InChI is InChI=1S/C24H23NO6/c1-2-16-12-28-22(17-8-9-19-20(11-17)31-14-30-19)21(16)23(26)25-18(13-29-24(25)27)10-15-6-4-3-5-7-15/h2-9,11,16,18,21-22H,1,10,12-14H2/t16-,18-,21+,22-/m0/s1. The van der Waals surface area contributed by atoms with Crippen molar-refractivity contribution in [1.82, 2.24) is 4.90 Å². The van der Waals surface area contributed by atoms with E-state index in [4.69, 9.17) is 18.9 Å². The summed E-state index contributed by atoms with van der Waals surface area (Å²) in [7, 11) is 0. The molecule has 0 unspecified atom stereocenters. The zero-order valence-electron chi connectivity index (χ0n) is 16.9. The van der Waals surface area contributed by atoms with Crippen LogP contribution in [0.25, 0.3) is 0 Å². The Hall–Kier alpha value is -3.32. The molecule has 31 heavy (non-hydrogen) atoms. The molecule has 7 nitrogen and oxygen atoms in total. The molecule has 2 fully saturated rings. The monoisotopic (exact) mass is 421 g/mol. The van der Waals surface area contributed by atoms with Gasteiger partial charge in [-0.2, -0.15) is 0 Å². The molecule has 2 aromatic rings. The van der Waals surface area contributed by atoms with Gasteiger partial charge >= 0.3 is 6.09 Å². The third-order valence-electron chi connectivity index (χ3n) is 6.08. The molecule has 0 aliphatic carbocycles. The van der Waals surface area contributed by atoms with Crippen LogP contribution < -0.4 is 9.47 Å². The highest BCUT2D eigenvalue weighted by atomic mass is 16.7. The Morgan fingerprint density at radius 2 is 1.87 bits per heavy atom. The smallest absolute Gasteiger partial charge is 0.416 e. The summed E-state index contributed by atoms with van der Waals surface area (Å²) in [5, 5.41) is 0. The Bertz CT molecular complexity index is 1010. The minimum Gasteiger partial charge on any atom is -0.454 e. The Morgan fingerprint density at radius 1 is 1.06 bits per heavy atom. The van der Waals surface area contributed by atoms with Crippen LogP contribution in [0.15, 0.2) is 61.2 Å². The quantitative estimate of drug-likeness (QED) is 0.688. The number of benzene rings is 2. The van der Waals surface area contributed by atoms with Gasteiger partial charge < -0.3 is 18.9 Å². The van der Waals surface area contributed by atoms with Gasteiger partial charge in [-0.15, -0.1) is 6.58 Å². The van der Waals surface area contributed by atoms with E-state index in [0.29, 0.717) is 24.5 Å². The van der Waals surface area contributed by atoms with E-state index in [1.54, 1.807) is 6.08 Å². The predicted molar refractivity (Wildman–Crippen MR) is 111 cm³/mol. The summed E-state index contributed by atoms with van der Waals surface area (Å²) in [4.78, 5) is 27.5. The fraction of sp³-hybridized carbons (Fsp3) is 0.333. The molecule has 3 heterocycles. The maximum atomic E-state index is 13.7. The average molecular weight is 421 g/mol. The molecule has 3 aliphatic heterocycles. The molecule has 3 aliphatic rings. The van der Waals surface area contributed by atoms with E-state index in [-0.39, 0.29) is 31.3 Å². The number of rotatable bonds is 5. The Balaban J connectivity index is 1.43. The third-order valence-corrected chi connectivity index (χ3v) is 6.08. The van der Waals surface area contributed by atoms with E-state index in [2.05, 4.69) is 6.58 Å². The number of imide groups is 1. The van der Waals surface area contributed by atoms with E-state index < -0.39 is 18.1 Å². The van der Waals surface area contributed by atoms with Crippen molar-refractivity contribution in [1.29, 1.82) is 0 Å². The van der Waals surface area contributed by atoms with Gasteiger partial charge in [-0.25, -0.2) is 9.69 Å². The summed E-state index contributed by atoms with van der Waals surface area (Å²) < 4.78 is 22.1. The molecule has 7 heteroatoms. The van der Waals surface area contributed by atoms with Gasteiger partial charge in [-0.05, 0) is 29.7 Å². The number of cyclic esters (lactones) is 1. The van der Waals surface area contributed by atoms with Gasteiger partial charge in [0.2, 0.25) is 12.7 Å². The van der Waals surface area contributed by atoms with Crippen LogP contribution in [0.3, 0.4) is 0 Å². The van der Waals surface area contributed by atoms with Crippen LogP contribution >= 0.6 is 0 Å². The molecular weight excluding hydrogens is 398 g/mol. The van der Waals surface area contributed by atoms with Crippen LogP contribution in [-0.4, -0.2) is 42.9 Å². The molecule has 2 saturated heterocycles. The molecule has 0 spiro atoms. The Labute approximate surface area is 180 Å². The Morgan fingerprint density at radius 3 is 2.68 bits per heavy atom. The van der Waals surface area contributed by atoms with Crippen LogP contribution in [0.2, 0.25) is 0 Å². The van der Waals surface area contributed by atoms with Crippen molar-refractivity contribution in [3.63, 3.8) is 0 Å². The van der Waals surface area contributed by atoms with Crippen molar-refractivity contribution >= 4 is 12.0 Å². The summed E-state index contributed by atoms with van der Waals surface area (Å²) in [5.74, 6) is 0.191. The lowest BCUT2D eigenvalue weighted by molar-refractivity contribution is -0.136. The van der Waals surface area contributed by atoms with Crippen LogP contribution in [-0.2, 0) is 20.7 Å². The first-order valence-electron chi connectivity index (χ1n) is 10.3. The molecular formula is C24H23NO6. The molecule has 160 valence electrons. The van der Waals surface area contributed by atoms with Crippen LogP contribution in [0, 0.1) is 11.8 Å². The zero-order chi connectivity index (χ0) is 21.4. The van der Waals surface area contributed by atoms with Crippen molar-refractivity contribution < 1.29 is 28.5 Å². The summed E-state index contributed by atoms with van der Waals surface area (Å²) in [6.45, 7) is 4.58. The summed E-state index contributed by atoms with van der Waals surface area (Å²) in [6, 6.07) is 14.9. The number of nitrogens with zero attached hydrogens (tertiary/aromatic N) is 1. The van der Waals surface area contributed by atoms with E-state index >= 15 is 0 Å². The maximum Gasteiger partial charge on any atom is 0.416 e. The number of amides is 2. The van der Waals surface area contributed by atoms with Crippen molar-refractivity contribution in [2.75, 3.05) is 20.0 Å². The van der Waals surface area contributed by atoms with E-state index in [0.717, 1.165) is 11.1 Å². The second kappa shape index (κ2) is 8.07. The van der Waals surface area contributed by atoms with Gasteiger partial charge in [-0.3, -0.25) is 4.79 Å². The minimum atomic E-state index is -0.606. The van der Waals surface area contributed by atoms with E-state index in [1.807, 2.05) is 48.5 Å². The minimum absolute atomic E-state index is 0.169. The van der Waals surface area contributed by atoms with Crippen molar-refractivity contribution in [2.24, 2.45) is 11.8 Å². The van der Waals surface area contributed by atoms with Gasteiger partial charge in [-0.1, -0.05) is 42.5 Å². The normalized spacial score (nSPS) is 26.7. The van der Waals surface area contributed by atoms with Gasteiger partial charge in [0, 0.05) is 5.92 Å². The molecule has 0 saturated carbocycles. The highest BCUT2D eigenvalue weighted by Gasteiger charge is 2.49. The van der Waals surface area contributed by atoms with Crippen LogP contribution in [0.4, 0.5) is 4.79 Å². The van der Waals surface area contributed by atoms with Gasteiger partial charge in [0.05, 0.1) is 24.7 Å². The Kier molecular flexibility index (Phi) is 5.11. The summed E-state index contributed by atoms with van der Waals surface area (Å²) >= 11 is 0. The molecule has 0 radical (unpaired) electrons. The molecule has 2 amide bonds. The maximum absolute atomic E-state index is 13.7. The van der Waals surface area contributed by atoms with Crippen LogP contribution in [0.5, 0.6) is 11.5 Å². The zero-order valence-corrected chi connectivity index (χ0v) is 16.9. The second-order valence-corrected chi connectivity index (χ2v) is 7.92. The number of ether oxygens (including phenoxy) is 4. The number of carbonyl (C=O) groups excluding carboxylic acids is 2. The average Bonchev–Trinajstić information content (AvgIpc) is 3.51. The largest absolute Gasteiger partial charge is 0.454 e. The van der Waals surface area contributed by atoms with Crippen molar-refractivity contribution in [3.05, 3.63) is 72.3 Å². The van der Waals surface area contributed by atoms with Crippen molar-refractivity contribution in [2.45, 2.75) is 18.6 Å². The number of hydrogen-bond donors (Lipinski definition) is 0. The van der Waals surface area contributed by atoms with Crippen molar-refractivity contribution in [3.8, 4) is 11.5 Å². The van der Waals surface area contributed by atoms with E-state index in [9.17, 15) is 9.59 Å². The fourth-order valence-corrected chi connectivity index (χ4v) is 4.50. The lowest BCUT2D eigenvalue weighted by Crippen LogP contribution is -2.45. The SMILES string of the molecule is C=C[C@H]1CO[C@@H](c2ccc3c(c2)OCO3)[C@@H]1C(=O)N1C(=O)OC[C@@H]1Cc1ccccc1. The van der Waals surface area contributed by atoms with E-state index in [1.165, 1.54) is 4.90 Å². The topological polar surface area (TPSA) is 74.3 Å². The first-order chi connectivity index (χ1) is 15.2. The van der Waals surface area contributed by atoms with Gasteiger partial charge in [0.25, 0.3) is 0 Å². The number of carbonyl (C=O) groups is 2. The summed E-state index contributed by atoms with van der Waals surface area (Å²) in [6.07, 6.45) is 1.14. The molecule has 4 atom stereocenters. The third kappa shape index (κ3) is 3.55. The number of hydrogen-bond acceptors (Lipinski definition) is 6. The molecule has 5 rings (SSSR count). The van der Waals surface area contributed by atoms with Gasteiger partial charge in [0.1, 0.15) is 6.61 Å². The first kappa shape index (κ1) is 19.6. The first-order valence-corrected chi connectivity index (χ1v) is 10.3. The molecule has 0 N–H and O–H groups in total. The highest BCUT2D eigenvalue weighted by molar-refractivity contribution is 5.95. The predicted octanol–water partition coefficient (Wildman–Crippen LogP) is 3.50. The highest BCUT2D eigenvalue weighted by Crippen LogP contribution is 2.44. The molecule has 2 aromatic carbocycles. The fourth-order valence-electron chi connectivity index (χ4n) is 4.50. The van der Waals surface area contributed by atoms with Gasteiger partial charge in [0.15, 0.2) is 11.5 Å². The molecule has 0 aromatic heterocycles. The lowest BCUT2D eigenvalue weighted by atomic mass is 9.85. The number of fused-ring (bicyclic) bond motifs is 1. The second-order valence-electron chi connectivity index (χ2n) is 7.92.